The number of ether oxygens (including phenoxy) is 1. The molecule has 16 heavy (non-hydrogen) atoms. The third kappa shape index (κ3) is 4.58. The summed E-state index contributed by atoms with van der Waals surface area (Å²) in [6.07, 6.45) is 2.65. The molecule has 90 valence electrons. The van der Waals surface area contributed by atoms with Gasteiger partial charge in [0.05, 0.1) is 6.61 Å². The molecule has 0 spiro atoms. The molecule has 0 aliphatic carbocycles. The summed E-state index contributed by atoms with van der Waals surface area (Å²) in [5.74, 6) is 0.898. The molecule has 1 heterocycles. The van der Waals surface area contributed by atoms with Crippen molar-refractivity contribution >= 4 is 23.2 Å². The molecule has 4 heteroatoms. The Balaban J connectivity index is 2.55. The largest absolute Gasteiger partial charge is 0.477 e. The van der Waals surface area contributed by atoms with E-state index >= 15 is 0 Å². The number of halogens is 2. The van der Waals surface area contributed by atoms with E-state index in [4.69, 9.17) is 27.9 Å². The molecule has 0 radical (unpaired) electrons. The Bertz CT molecular complexity index is 347. The summed E-state index contributed by atoms with van der Waals surface area (Å²) in [6, 6.07) is 1.79. The van der Waals surface area contributed by atoms with Crippen molar-refractivity contribution in [2.24, 2.45) is 5.41 Å². The van der Waals surface area contributed by atoms with E-state index in [1.54, 1.807) is 12.3 Å². The molecule has 0 aliphatic heterocycles. The fourth-order valence-electron chi connectivity index (χ4n) is 1.10. The summed E-state index contributed by atoms with van der Waals surface area (Å²) in [6.45, 7) is 7.13. The van der Waals surface area contributed by atoms with Gasteiger partial charge in [-0.15, -0.1) is 11.6 Å². The van der Waals surface area contributed by atoms with Gasteiger partial charge in [-0.3, -0.25) is 0 Å². The van der Waals surface area contributed by atoms with Crippen LogP contribution in [0.15, 0.2) is 12.3 Å². The molecule has 0 fully saturated rings. The van der Waals surface area contributed by atoms with Crippen LogP contribution in [0.4, 0.5) is 0 Å². The molecule has 2 nitrogen and oxygen atoms in total. The van der Waals surface area contributed by atoms with Gasteiger partial charge in [0.15, 0.2) is 0 Å². The van der Waals surface area contributed by atoms with Crippen LogP contribution in [-0.4, -0.2) is 11.6 Å². The first-order valence-electron chi connectivity index (χ1n) is 5.25. The predicted molar refractivity (Wildman–Crippen MR) is 68.4 cm³/mol. The average Bonchev–Trinajstić information content (AvgIpc) is 2.18. The topological polar surface area (TPSA) is 22.1 Å². The van der Waals surface area contributed by atoms with E-state index in [-0.39, 0.29) is 5.41 Å². The number of aromatic nitrogens is 1. The van der Waals surface area contributed by atoms with Gasteiger partial charge >= 0.3 is 0 Å². The molecule has 0 aromatic carbocycles. The van der Waals surface area contributed by atoms with Crippen molar-refractivity contribution in [3.8, 4) is 5.88 Å². The van der Waals surface area contributed by atoms with Gasteiger partial charge in [-0.2, -0.15) is 0 Å². The molecule has 0 unspecified atom stereocenters. The van der Waals surface area contributed by atoms with Crippen LogP contribution in [0.5, 0.6) is 5.88 Å². The first-order chi connectivity index (χ1) is 7.42. The van der Waals surface area contributed by atoms with Crippen molar-refractivity contribution in [1.29, 1.82) is 0 Å². The molecule has 1 rings (SSSR count). The highest BCUT2D eigenvalue weighted by Gasteiger charge is 2.11. The van der Waals surface area contributed by atoms with Gasteiger partial charge in [0.25, 0.3) is 0 Å². The lowest BCUT2D eigenvalue weighted by molar-refractivity contribution is 0.236. The highest BCUT2D eigenvalue weighted by Crippen LogP contribution is 2.24. The van der Waals surface area contributed by atoms with E-state index in [1.165, 1.54) is 0 Å². The Morgan fingerprint density at radius 3 is 2.56 bits per heavy atom. The lowest BCUT2D eigenvalue weighted by Crippen LogP contribution is -2.11. The standard InChI is InChI=1S/C12H17Cl2NO/c1-12(2,3)4-5-16-11-10(14)6-9(7-13)8-15-11/h6,8H,4-5,7H2,1-3H3. The van der Waals surface area contributed by atoms with Gasteiger partial charge in [0.2, 0.25) is 5.88 Å². The van der Waals surface area contributed by atoms with E-state index in [0.29, 0.717) is 23.4 Å². The van der Waals surface area contributed by atoms with Gasteiger partial charge in [-0.25, -0.2) is 4.98 Å². The first kappa shape index (κ1) is 13.6. The number of hydrogen-bond donors (Lipinski definition) is 0. The van der Waals surface area contributed by atoms with E-state index in [1.807, 2.05) is 0 Å². The minimum atomic E-state index is 0.253. The molecule has 1 aromatic heterocycles. The van der Waals surface area contributed by atoms with E-state index in [2.05, 4.69) is 25.8 Å². The Labute approximate surface area is 107 Å². The second-order valence-electron chi connectivity index (χ2n) is 4.92. The predicted octanol–water partition coefficient (Wildman–Crippen LogP) is 4.29. The maximum atomic E-state index is 6.01. The van der Waals surface area contributed by atoms with Crippen LogP contribution in [-0.2, 0) is 5.88 Å². The van der Waals surface area contributed by atoms with Crippen molar-refractivity contribution in [3.05, 3.63) is 22.8 Å². The monoisotopic (exact) mass is 261 g/mol. The summed E-state index contributed by atoms with van der Waals surface area (Å²) in [7, 11) is 0. The van der Waals surface area contributed by atoms with Gasteiger partial charge in [0, 0.05) is 12.1 Å². The Morgan fingerprint density at radius 2 is 2.06 bits per heavy atom. The Morgan fingerprint density at radius 1 is 1.38 bits per heavy atom. The SMILES string of the molecule is CC(C)(C)CCOc1ncc(CCl)cc1Cl. The highest BCUT2D eigenvalue weighted by molar-refractivity contribution is 6.32. The van der Waals surface area contributed by atoms with Gasteiger partial charge < -0.3 is 4.74 Å². The van der Waals surface area contributed by atoms with Crippen LogP contribution < -0.4 is 4.74 Å². The smallest absolute Gasteiger partial charge is 0.232 e. The number of rotatable bonds is 4. The summed E-state index contributed by atoms with van der Waals surface area (Å²) < 4.78 is 5.53. The van der Waals surface area contributed by atoms with Crippen LogP contribution in [0.1, 0.15) is 32.8 Å². The van der Waals surface area contributed by atoms with E-state index < -0.39 is 0 Å². The molecule has 0 atom stereocenters. The summed E-state index contributed by atoms with van der Waals surface area (Å²) in [5.41, 5.74) is 1.15. The van der Waals surface area contributed by atoms with Crippen LogP contribution in [0, 0.1) is 5.41 Å². The summed E-state index contributed by atoms with van der Waals surface area (Å²) in [5, 5.41) is 0.520. The molecule has 0 bridgehead atoms. The van der Waals surface area contributed by atoms with Gasteiger partial charge in [-0.05, 0) is 23.5 Å². The van der Waals surface area contributed by atoms with Crippen molar-refractivity contribution in [2.45, 2.75) is 33.1 Å². The fourth-order valence-corrected chi connectivity index (χ4v) is 1.49. The molecule has 0 saturated heterocycles. The normalized spacial score (nSPS) is 11.6. The molecule has 0 amide bonds. The third-order valence-electron chi connectivity index (χ3n) is 2.11. The molecule has 0 aliphatic rings. The van der Waals surface area contributed by atoms with Crippen LogP contribution in [0.3, 0.4) is 0 Å². The zero-order chi connectivity index (χ0) is 12.2. The number of pyridine rings is 1. The molecular formula is C12H17Cl2NO. The van der Waals surface area contributed by atoms with Crippen molar-refractivity contribution in [2.75, 3.05) is 6.61 Å². The first-order valence-corrected chi connectivity index (χ1v) is 6.17. The minimum Gasteiger partial charge on any atom is -0.477 e. The summed E-state index contributed by atoms with van der Waals surface area (Å²) in [4.78, 5) is 4.13. The quantitative estimate of drug-likeness (QED) is 0.755. The zero-order valence-electron chi connectivity index (χ0n) is 9.89. The van der Waals surface area contributed by atoms with Crippen LogP contribution >= 0.6 is 23.2 Å². The highest BCUT2D eigenvalue weighted by atomic mass is 35.5. The lowest BCUT2D eigenvalue weighted by atomic mass is 9.93. The zero-order valence-corrected chi connectivity index (χ0v) is 11.4. The molecule has 0 N–H and O–H groups in total. The Hall–Kier alpha value is -0.470. The maximum absolute atomic E-state index is 6.01. The average molecular weight is 262 g/mol. The van der Waals surface area contributed by atoms with Gasteiger partial charge in [-0.1, -0.05) is 32.4 Å². The maximum Gasteiger partial charge on any atom is 0.232 e. The fraction of sp³-hybridized carbons (Fsp3) is 0.583. The number of nitrogens with zero attached hydrogens (tertiary/aromatic N) is 1. The van der Waals surface area contributed by atoms with Gasteiger partial charge in [0.1, 0.15) is 5.02 Å². The lowest BCUT2D eigenvalue weighted by Gasteiger charge is -2.18. The van der Waals surface area contributed by atoms with Crippen molar-refractivity contribution < 1.29 is 4.74 Å². The molecule has 0 saturated carbocycles. The van der Waals surface area contributed by atoms with Crippen LogP contribution in [0.2, 0.25) is 5.02 Å². The van der Waals surface area contributed by atoms with E-state index in [0.717, 1.165) is 12.0 Å². The molecular weight excluding hydrogens is 245 g/mol. The molecule has 1 aromatic rings. The Kier molecular flexibility index (Phi) is 4.88. The number of hydrogen-bond acceptors (Lipinski definition) is 2. The minimum absolute atomic E-state index is 0.253. The second kappa shape index (κ2) is 5.74. The summed E-state index contributed by atoms with van der Waals surface area (Å²) >= 11 is 11.7. The van der Waals surface area contributed by atoms with Crippen molar-refractivity contribution in [3.63, 3.8) is 0 Å². The van der Waals surface area contributed by atoms with Crippen LogP contribution in [0.25, 0.3) is 0 Å². The van der Waals surface area contributed by atoms with E-state index in [9.17, 15) is 0 Å². The number of alkyl halides is 1. The third-order valence-corrected chi connectivity index (χ3v) is 2.69. The van der Waals surface area contributed by atoms with Crippen molar-refractivity contribution in [1.82, 2.24) is 4.98 Å². The second-order valence-corrected chi connectivity index (χ2v) is 5.60.